The van der Waals surface area contributed by atoms with Crippen molar-refractivity contribution >= 4 is 17.5 Å². The Morgan fingerprint density at radius 2 is 1.88 bits per heavy atom. The first-order valence-corrected chi connectivity index (χ1v) is 12.8. The number of alkyl halides is 3. The molecule has 1 atom stereocenters. The zero-order chi connectivity index (χ0) is 28.7. The number of halogens is 3. The highest BCUT2D eigenvalue weighted by Crippen LogP contribution is 2.37. The third kappa shape index (κ3) is 5.03. The molecule has 6 rings (SSSR count). The summed E-state index contributed by atoms with van der Waals surface area (Å²) in [5.74, 6) is -0.716. The van der Waals surface area contributed by atoms with Gasteiger partial charge in [0.25, 0.3) is 17.7 Å². The van der Waals surface area contributed by atoms with Crippen LogP contribution in [0.4, 0.5) is 13.2 Å². The Labute approximate surface area is 229 Å². The van der Waals surface area contributed by atoms with Gasteiger partial charge in [0.2, 0.25) is 5.65 Å². The first kappa shape index (κ1) is 26.6. The van der Waals surface area contributed by atoms with E-state index in [1.165, 1.54) is 41.2 Å². The fourth-order valence-corrected chi connectivity index (χ4v) is 4.93. The monoisotopic (exact) mass is 572 g/mol. The van der Waals surface area contributed by atoms with Gasteiger partial charge in [0.05, 0.1) is 23.0 Å². The van der Waals surface area contributed by atoms with Gasteiger partial charge >= 0.3 is 6.18 Å². The zero-order valence-electron chi connectivity index (χ0n) is 21.4. The number of aromatic hydroxyl groups is 1. The first-order chi connectivity index (χ1) is 19.7. The lowest BCUT2D eigenvalue weighted by Gasteiger charge is -2.35. The number of phenols is 1. The number of fused-ring (bicyclic) bond motifs is 1. The number of aromatic nitrogens is 4. The molecule has 0 aliphatic carbocycles. The number of nitrogens with zero attached hydrogens (tertiary/aromatic N) is 6. The minimum absolute atomic E-state index is 0.0470. The van der Waals surface area contributed by atoms with E-state index in [-0.39, 0.29) is 45.8 Å². The third-order valence-corrected chi connectivity index (χ3v) is 7.01. The lowest BCUT2D eigenvalue weighted by Crippen LogP contribution is -2.52. The number of carbonyl (C=O) groups is 2. The summed E-state index contributed by atoms with van der Waals surface area (Å²) in [5, 5.41) is 13.7. The summed E-state index contributed by atoms with van der Waals surface area (Å²) < 4.78 is 57.1. The second-order valence-corrected chi connectivity index (χ2v) is 9.54. The molecular formula is C26H23F3N6O6. The van der Waals surface area contributed by atoms with E-state index >= 15 is 0 Å². The molecule has 2 aliphatic heterocycles. The molecule has 0 radical (unpaired) electrons. The SMILES string of the molecule is O=C(c1ccc(Oc2nccn3c(-c4conc4C(F)(F)F)cnc23)cc1O)N1CCN(C(=O)[C@H]2CCCO2)CC1. The quantitative estimate of drug-likeness (QED) is 0.382. The normalized spacial score (nSPS) is 17.8. The molecule has 0 spiro atoms. The Bertz CT molecular complexity index is 1600. The molecule has 214 valence electrons. The van der Waals surface area contributed by atoms with Crippen molar-refractivity contribution in [3.8, 4) is 28.6 Å². The van der Waals surface area contributed by atoms with Crippen LogP contribution in [0.3, 0.4) is 0 Å². The summed E-state index contributed by atoms with van der Waals surface area (Å²) in [4.78, 5) is 37.2. The van der Waals surface area contributed by atoms with Gasteiger partial charge in [-0.1, -0.05) is 5.16 Å². The Morgan fingerprint density at radius 3 is 2.59 bits per heavy atom. The molecule has 2 fully saturated rings. The van der Waals surface area contributed by atoms with Gasteiger partial charge < -0.3 is 28.9 Å². The van der Waals surface area contributed by atoms with E-state index in [2.05, 4.69) is 19.6 Å². The largest absolute Gasteiger partial charge is 0.507 e. The molecule has 3 aromatic heterocycles. The van der Waals surface area contributed by atoms with Crippen LogP contribution in [0, 0.1) is 0 Å². The lowest BCUT2D eigenvalue weighted by molar-refractivity contribution is -0.143. The Balaban J connectivity index is 1.16. The van der Waals surface area contributed by atoms with Gasteiger partial charge in [-0.3, -0.25) is 14.0 Å². The minimum Gasteiger partial charge on any atom is -0.507 e. The van der Waals surface area contributed by atoms with Gasteiger partial charge in [-0.2, -0.15) is 13.2 Å². The molecule has 0 unspecified atom stereocenters. The van der Waals surface area contributed by atoms with E-state index in [4.69, 9.17) is 9.47 Å². The zero-order valence-corrected chi connectivity index (χ0v) is 21.4. The average Bonchev–Trinajstić information content (AvgIpc) is 3.73. The second kappa shape index (κ2) is 10.4. The van der Waals surface area contributed by atoms with Gasteiger partial charge in [0, 0.05) is 51.2 Å². The molecule has 1 aromatic carbocycles. The third-order valence-electron chi connectivity index (χ3n) is 7.01. The van der Waals surface area contributed by atoms with Crippen molar-refractivity contribution in [1.82, 2.24) is 29.3 Å². The van der Waals surface area contributed by atoms with Crippen LogP contribution in [-0.2, 0) is 15.7 Å². The van der Waals surface area contributed by atoms with E-state index in [9.17, 15) is 27.9 Å². The predicted octanol–water partition coefficient (Wildman–Crippen LogP) is 3.36. The van der Waals surface area contributed by atoms with Crippen LogP contribution in [0.1, 0.15) is 28.9 Å². The number of hydrogen-bond donors (Lipinski definition) is 1. The number of ether oxygens (including phenoxy) is 2. The molecule has 12 nitrogen and oxygen atoms in total. The highest BCUT2D eigenvalue weighted by atomic mass is 19.4. The predicted molar refractivity (Wildman–Crippen MR) is 133 cm³/mol. The Morgan fingerprint density at radius 1 is 1.10 bits per heavy atom. The molecule has 5 heterocycles. The maximum Gasteiger partial charge on any atom is 0.437 e. The van der Waals surface area contributed by atoms with E-state index in [1.807, 2.05) is 0 Å². The van der Waals surface area contributed by atoms with Crippen molar-refractivity contribution in [1.29, 1.82) is 0 Å². The summed E-state index contributed by atoms with van der Waals surface area (Å²) in [6, 6.07) is 4.10. The summed E-state index contributed by atoms with van der Waals surface area (Å²) in [6.07, 6.45) is 1.22. The Hall–Kier alpha value is -4.66. The van der Waals surface area contributed by atoms with Crippen molar-refractivity contribution in [2.75, 3.05) is 32.8 Å². The van der Waals surface area contributed by atoms with Gasteiger partial charge in [-0.05, 0) is 25.0 Å². The number of amides is 2. The van der Waals surface area contributed by atoms with Crippen LogP contribution in [0.5, 0.6) is 17.4 Å². The lowest BCUT2D eigenvalue weighted by atomic mass is 10.1. The number of rotatable bonds is 5. The van der Waals surface area contributed by atoms with Crippen molar-refractivity contribution in [2.45, 2.75) is 25.1 Å². The summed E-state index contributed by atoms with van der Waals surface area (Å²) in [5.41, 5.74) is -1.29. The van der Waals surface area contributed by atoms with Crippen LogP contribution in [0.15, 0.2) is 47.6 Å². The molecule has 0 saturated carbocycles. The van der Waals surface area contributed by atoms with Crippen molar-refractivity contribution in [2.24, 2.45) is 0 Å². The van der Waals surface area contributed by atoms with Crippen molar-refractivity contribution < 1.29 is 41.9 Å². The van der Waals surface area contributed by atoms with Gasteiger partial charge in [0.15, 0.2) is 5.69 Å². The summed E-state index contributed by atoms with van der Waals surface area (Å²) >= 11 is 0. The number of hydrogen-bond acceptors (Lipinski definition) is 9. The molecule has 2 saturated heterocycles. The number of carbonyl (C=O) groups excluding carboxylic acids is 2. The molecule has 2 amide bonds. The molecule has 4 aromatic rings. The molecule has 15 heteroatoms. The van der Waals surface area contributed by atoms with E-state index in [1.54, 1.807) is 9.80 Å². The summed E-state index contributed by atoms with van der Waals surface area (Å²) in [7, 11) is 0. The highest BCUT2D eigenvalue weighted by molar-refractivity contribution is 5.97. The van der Waals surface area contributed by atoms with Gasteiger partial charge in [0.1, 0.15) is 23.9 Å². The van der Waals surface area contributed by atoms with E-state index < -0.39 is 23.9 Å². The Kier molecular flexibility index (Phi) is 6.73. The standard InChI is InChI=1S/C26H23F3N6O6/c27-26(28,29)21-17(14-40-32-21)18-13-31-22-23(30-5-6-35(18)22)41-15-3-4-16(19(36)12-15)24(37)33-7-9-34(10-8-33)25(38)20-2-1-11-39-20/h3-6,12-14,20,36H,1-2,7-11H2/t20-/m1/s1. The fraction of sp³-hybridized carbons (Fsp3) is 0.346. The topological polar surface area (TPSA) is 136 Å². The first-order valence-electron chi connectivity index (χ1n) is 12.8. The van der Waals surface area contributed by atoms with Crippen LogP contribution in [0.25, 0.3) is 16.9 Å². The minimum atomic E-state index is -4.73. The van der Waals surface area contributed by atoms with Crippen LogP contribution in [-0.4, -0.2) is 85.1 Å². The van der Waals surface area contributed by atoms with Gasteiger partial charge in [-0.25, -0.2) is 9.97 Å². The molecule has 41 heavy (non-hydrogen) atoms. The van der Waals surface area contributed by atoms with Crippen molar-refractivity contribution in [3.05, 3.63) is 54.3 Å². The van der Waals surface area contributed by atoms with Gasteiger partial charge in [-0.15, -0.1) is 0 Å². The molecular weight excluding hydrogens is 549 g/mol. The number of phenolic OH excluding ortho intramolecular Hbond substituents is 1. The maximum absolute atomic E-state index is 13.3. The molecule has 2 aliphatic rings. The average molecular weight is 572 g/mol. The number of imidazole rings is 1. The highest BCUT2D eigenvalue weighted by Gasteiger charge is 2.39. The van der Waals surface area contributed by atoms with Crippen molar-refractivity contribution in [3.63, 3.8) is 0 Å². The van der Waals surface area contributed by atoms with E-state index in [0.29, 0.717) is 39.2 Å². The maximum atomic E-state index is 13.3. The smallest absolute Gasteiger partial charge is 0.437 e. The second-order valence-electron chi connectivity index (χ2n) is 9.54. The van der Waals surface area contributed by atoms with Crippen LogP contribution in [0.2, 0.25) is 0 Å². The van der Waals surface area contributed by atoms with Crippen LogP contribution < -0.4 is 4.74 Å². The fourth-order valence-electron chi connectivity index (χ4n) is 4.93. The number of benzene rings is 1. The number of piperazine rings is 1. The van der Waals surface area contributed by atoms with E-state index in [0.717, 1.165) is 12.7 Å². The summed E-state index contributed by atoms with van der Waals surface area (Å²) in [6.45, 7) is 1.94. The molecule has 1 N–H and O–H groups in total. The van der Waals surface area contributed by atoms with Crippen LogP contribution >= 0.6 is 0 Å². The molecule has 0 bridgehead atoms.